The van der Waals surface area contributed by atoms with Gasteiger partial charge >= 0.3 is 5.97 Å². The normalized spacial score (nSPS) is 10.1. The van der Waals surface area contributed by atoms with E-state index in [4.69, 9.17) is 21.4 Å². The number of benzene rings is 2. The molecule has 0 saturated carbocycles. The average Bonchev–Trinajstić information content (AvgIpc) is 2.33. The molecule has 0 bridgehead atoms. The maximum atomic E-state index is 12.8. The van der Waals surface area contributed by atoms with Gasteiger partial charge in [-0.1, -0.05) is 11.6 Å². The Balaban J connectivity index is 2.21. The maximum absolute atomic E-state index is 12.8. The van der Waals surface area contributed by atoms with E-state index in [1.54, 1.807) is 0 Å². The number of hydrogen-bond donors (Lipinski definition) is 1. The number of carbonyl (C=O) groups is 1. The molecule has 2 rings (SSSR count). The van der Waals surface area contributed by atoms with Crippen molar-refractivity contribution in [1.82, 2.24) is 0 Å². The first-order valence-corrected chi connectivity index (χ1v) is 5.40. The van der Waals surface area contributed by atoms with Crippen LogP contribution in [0.15, 0.2) is 42.5 Å². The zero-order valence-corrected chi connectivity index (χ0v) is 9.82. The van der Waals surface area contributed by atoms with E-state index in [-0.39, 0.29) is 10.6 Å². The van der Waals surface area contributed by atoms with Crippen molar-refractivity contribution >= 4 is 17.6 Å². The Morgan fingerprint density at radius 1 is 1.17 bits per heavy atom. The fourth-order valence-corrected chi connectivity index (χ4v) is 1.56. The van der Waals surface area contributed by atoms with Crippen LogP contribution in [0.2, 0.25) is 5.02 Å². The lowest BCUT2D eigenvalue weighted by atomic mass is 10.2. The van der Waals surface area contributed by atoms with Crippen molar-refractivity contribution < 1.29 is 19.0 Å². The molecule has 0 spiro atoms. The standard InChI is InChI=1S/C13H8ClFO3/c14-11-7-9(15)3-6-12(11)18-10-4-1-8(2-5-10)13(16)17/h1-7H,(H,16,17). The zero-order chi connectivity index (χ0) is 13.1. The van der Waals surface area contributed by atoms with Gasteiger partial charge in [-0.15, -0.1) is 0 Å². The van der Waals surface area contributed by atoms with Crippen LogP contribution in [0.3, 0.4) is 0 Å². The topological polar surface area (TPSA) is 46.5 Å². The number of carboxylic acids is 1. The summed E-state index contributed by atoms with van der Waals surface area (Å²) in [7, 11) is 0. The van der Waals surface area contributed by atoms with Gasteiger partial charge in [0, 0.05) is 0 Å². The summed E-state index contributed by atoms with van der Waals surface area (Å²) in [6.07, 6.45) is 0. The van der Waals surface area contributed by atoms with E-state index in [9.17, 15) is 9.18 Å². The van der Waals surface area contributed by atoms with E-state index in [1.165, 1.54) is 36.4 Å². The van der Waals surface area contributed by atoms with E-state index in [0.717, 1.165) is 6.07 Å². The number of rotatable bonds is 3. The highest BCUT2D eigenvalue weighted by Crippen LogP contribution is 2.29. The summed E-state index contributed by atoms with van der Waals surface area (Å²) in [6, 6.07) is 9.61. The molecule has 5 heteroatoms. The van der Waals surface area contributed by atoms with Gasteiger partial charge in [-0.05, 0) is 42.5 Å². The van der Waals surface area contributed by atoms with Crippen molar-refractivity contribution in [3.05, 3.63) is 58.9 Å². The van der Waals surface area contributed by atoms with Crippen molar-refractivity contribution in [1.29, 1.82) is 0 Å². The second-order valence-corrected chi connectivity index (χ2v) is 3.91. The summed E-state index contributed by atoms with van der Waals surface area (Å²) < 4.78 is 18.2. The highest BCUT2D eigenvalue weighted by molar-refractivity contribution is 6.32. The Bertz CT molecular complexity index is 581. The Morgan fingerprint density at radius 2 is 1.83 bits per heavy atom. The lowest BCUT2D eigenvalue weighted by molar-refractivity contribution is 0.0697. The molecule has 92 valence electrons. The third-order valence-corrected chi connectivity index (χ3v) is 2.52. The van der Waals surface area contributed by atoms with Crippen LogP contribution in [0, 0.1) is 5.82 Å². The summed E-state index contributed by atoms with van der Waals surface area (Å²) in [4.78, 5) is 10.7. The fraction of sp³-hybridized carbons (Fsp3) is 0. The Kier molecular flexibility index (Phi) is 3.48. The van der Waals surface area contributed by atoms with E-state index < -0.39 is 11.8 Å². The van der Waals surface area contributed by atoms with Gasteiger partial charge in [-0.25, -0.2) is 9.18 Å². The largest absolute Gasteiger partial charge is 0.478 e. The minimum absolute atomic E-state index is 0.150. The fourth-order valence-electron chi connectivity index (χ4n) is 1.35. The molecule has 2 aromatic carbocycles. The second-order valence-electron chi connectivity index (χ2n) is 3.51. The molecule has 3 nitrogen and oxygen atoms in total. The van der Waals surface area contributed by atoms with Crippen molar-refractivity contribution in [2.24, 2.45) is 0 Å². The number of carboxylic acid groups (broad SMARTS) is 1. The van der Waals surface area contributed by atoms with Crippen LogP contribution in [-0.4, -0.2) is 11.1 Å². The van der Waals surface area contributed by atoms with Crippen LogP contribution in [0.5, 0.6) is 11.5 Å². The summed E-state index contributed by atoms with van der Waals surface area (Å²) in [5, 5.41) is 8.89. The van der Waals surface area contributed by atoms with Gasteiger partial charge in [-0.3, -0.25) is 0 Å². The molecule has 0 atom stereocenters. The molecule has 0 aliphatic rings. The third-order valence-electron chi connectivity index (χ3n) is 2.22. The molecule has 0 fully saturated rings. The zero-order valence-electron chi connectivity index (χ0n) is 9.06. The van der Waals surface area contributed by atoms with Gasteiger partial charge in [0.1, 0.15) is 17.3 Å². The second kappa shape index (κ2) is 5.06. The molecule has 0 unspecified atom stereocenters. The van der Waals surface area contributed by atoms with Crippen molar-refractivity contribution in [3.63, 3.8) is 0 Å². The SMILES string of the molecule is O=C(O)c1ccc(Oc2ccc(F)cc2Cl)cc1. The smallest absolute Gasteiger partial charge is 0.335 e. The van der Waals surface area contributed by atoms with Gasteiger partial charge < -0.3 is 9.84 Å². The number of ether oxygens (including phenoxy) is 1. The van der Waals surface area contributed by atoms with Gasteiger partial charge in [0.05, 0.1) is 10.6 Å². The quantitative estimate of drug-likeness (QED) is 0.914. The van der Waals surface area contributed by atoms with Gasteiger partial charge in [0.25, 0.3) is 0 Å². The van der Waals surface area contributed by atoms with Crippen LogP contribution in [0.25, 0.3) is 0 Å². The van der Waals surface area contributed by atoms with E-state index in [2.05, 4.69) is 0 Å². The van der Waals surface area contributed by atoms with E-state index in [0.29, 0.717) is 11.5 Å². The first kappa shape index (κ1) is 12.4. The predicted octanol–water partition coefficient (Wildman–Crippen LogP) is 3.97. The number of halogens is 2. The summed E-state index contributed by atoms with van der Waals surface area (Å²) in [5.41, 5.74) is 0.160. The molecule has 1 N–H and O–H groups in total. The molecular weight excluding hydrogens is 259 g/mol. The molecule has 0 aliphatic carbocycles. The Morgan fingerprint density at radius 3 is 2.39 bits per heavy atom. The number of hydrogen-bond acceptors (Lipinski definition) is 2. The molecular formula is C13H8ClFO3. The summed E-state index contributed by atoms with van der Waals surface area (Å²) in [6.45, 7) is 0. The van der Waals surface area contributed by atoms with Gasteiger partial charge in [0.2, 0.25) is 0 Å². The Labute approximate surface area is 107 Å². The van der Waals surface area contributed by atoms with Crippen LogP contribution < -0.4 is 4.74 Å². The minimum atomic E-state index is -1.01. The number of aromatic carboxylic acids is 1. The molecule has 18 heavy (non-hydrogen) atoms. The van der Waals surface area contributed by atoms with Gasteiger partial charge in [-0.2, -0.15) is 0 Å². The Hall–Kier alpha value is -2.07. The minimum Gasteiger partial charge on any atom is -0.478 e. The molecule has 0 aliphatic heterocycles. The van der Waals surface area contributed by atoms with E-state index in [1.807, 2.05) is 0 Å². The van der Waals surface area contributed by atoms with Crippen molar-refractivity contribution in [2.75, 3.05) is 0 Å². The van der Waals surface area contributed by atoms with Gasteiger partial charge in [0.15, 0.2) is 0 Å². The first-order valence-electron chi connectivity index (χ1n) is 5.02. The first-order chi connectivity index (χ1) is 8.56. The highest BCUT2D eigenvalue weighted by Gasteiger charge is 2.06. The molecule has 0 saturated heterocycles. The molecule has 0 amide bonds. The van der Waals surface area contributed by atoms with Crippen LogP contribution in [-0.2, 0) is 0 Å². The van der Waals surface area contributed by atoms with E-state index >= 15 is 0 Å². The molecule has 0 aromatic heterocycles. The average molecular weight is 267 g/mol. The predicted molar refractivity (Wildman–Crippen MR) is 64.9 cm³/mol. The molecule has 2 aromatic rings. The van der Waals surface area contributed by atoms with Crippen LogP contribution >= 0.6 is 11.6 Å². The molecule has 0 radical (unpaired) electrons. The highest BCUT2D eigenvalue weighted by atomic mass is 35.5. The summed E-state index contributed by atoms with van der Waals surface area (Å²) >= 11 is 5.80. The third kappa shape index (κ3) is 2.78. The van der Waals surface area contributed by atoms with Crippen molar-refractivity contribution in [3.8, 4) is 11.5 Å². The summed E-state index contributed by atoms with van der Waals surface area (Å²) in [5.74, 6) is -0.732. The van der Waals surface area contributed by atoms with Crippen molar-refractivity contribution in [2.45, 2.75) is 0 Å². The molecule has 0 heterocycles. The van der Waals surface area contributed by atoms with Crippen LogP contribution in [0.1, 0.15) is 10.4 Å². The monoisotopic (exact) mass is 266 g/mol. The lowest BCUT2D eigenvalue weighted by Crippen LogP contribution is -1.95. The van der Waals surface area contributed by atoms with Crippen LogP contribution in [0.4, 0.5) is 4.39 Å². The maximum Gasteiger partial charge on any atom is 0.335 e. The lowest BCUT2D eigenvalue weighted by Gasteiger charge is -2.07.